The summed E-state index contributed by atoms with van der Waals surface area (Å²) in [5.74, 6) is 0.996. The Morgan fingerprint density at radius 1 is 0.933 bits per heavy atom. The molecule has 1 aromatic carbocycles. The van der Waals surface area contributed by atoms with Crippen LogP contribution in [0.5, 0.6) is 5.75 Å². The second kappa shape index (κ2) is 7.33. The monoisotopic (exact) mass is 206 g/mol. The summed E-state index contributed by atoms with van der Waals surface area (Å²) < 4.78 is 5.54. The van der Waals surface area contributed by atoms with Crippen LogP contribution in [-0.4, -0.2) is 6.61 Å². The standard InChI is InChI=1S/C14H22O/c1-3-5-6-7-13-8-10-14(11-9-13)15-12-4-2/h8-11H,3-7,12H2,1-2H3. The molecule has 1 rings (SSSR count). The van der Waals surface area contributed by atoms with Gasteiger partial charge in [-0.25, -0.2) is 0 Å². The van der Waals surface area contributed by atoms with Crippen LogP contribution in [0.1, 0.15) is 45.1 Å². The third kappa shape index (κ3) is 4.87. The van der Waals surface area contributed by atoms with Crippen LogP contribution in [-0.2, 0) is 6.42 Å². The van der Waals surface area contributed by atoms with Gasteiger partial charge < -0.3 is 4.74 Å². The molecule has 0 amide bonds. The normalized spacial score (nSPS) is 10.3. The van der Waals surface area contributed by atoms with Gasteiger partial charge in [-0.05, 0) is 37.0 Å². The fraction of sp³-hybridized carbons (Fsp3) is 0.571. The first kappa shape index (κ1) is 12.1. The Balaban J connectivity index is 2.35. The highest BCUT2D eigenvalue weighted by atomic mass is 16.5. The van der Waals surface area contributed by atoms with E-state index in [2.05, 4.69) is 38.1 Å². The highest BCUT2D eigenvalue weighted by Crippen LogP contribution is 2.14. The van der Waals surface area contributed by atoms with Crippen LogP contribution in [0.25, 0.3) is 0 Å². The summed E-state index contributed by atoms with van der Waals surface area (Å²) >= 11 is 0. The van der Waals surface area contributed by atoms with E-state index in [1.54, 1.807) is 0 Å². The molecular weight excluding hydrogens is 184 g/mol. The number of hydrogen-bond donors (Lipinski definition) is 0. The van der Waals surface area contributed by atoms with Gasteiger partial charge in [0.25, 0.3) is 0 Å². The van der Waals surface area contributed by atoms with E-state index in [9.17, 15) is 0 Å². The number of hydrogen-bond acceptors (Lipinski definition) is 1. The summed E-state index contributed by atoms with van der Waals surface area (Å²) in [4.78, 5) is 0. The molecule has 15 heavy (non-hydrogen) atoms. The van der Waals surface area contributed by atoms with Crippen LogP contribution < -0.4 is 4.74 Å². The van der Waals surface area contributed by atoms with Gasteiger partial charge in [0.2, 0.25) is 0 Å². The van der Waals surface area contributed by atoms with E-state index in [1.807, 2.05) is 0 Å². The lowest BCUT2D eigenvalue weighted by Crippen LogP contribution is -1.95. The fourth-order valence-corrected chi connectivity index (χ4v) is 1.55. The first-order chi connectivity index (χ1) is 7.36. The minimum absolute atomic E-state index is 0.815. The molecule has 0 aliphatic carbocycles. The number of aryl methyl sites for hydroxylation is 1. The molecule has 0 radical (unpaired) electrons. The maximum Gasteiger partial charge on any atom is 0.119 e. The third-order valence-corrected chi connectivity index (χ3v) is 2.47. The molecule has 84 valence electrons. The molecular formula is C14H22O. The minimum Gasteiger partial charge on any atom is -0.494 e. The largest absolute Gasteiger partial charge is 0.494 e. The molecule has 0 aromatic heterocycles. The Morgan fingerprint density at radius 2 is 1.67 bits per heavy atom. The van der Waals surface area contributed by atoms with Gasteiger partial charge in [0.05, 0.1) is 6.61 Å². The maximum absolute atomic E-state index is 5.54. The van der Waals surface area contributed by atoms with E-state index in [0.717, 1.165) is 18.8 Å². The molecule has 0 aliphatic heterocycles. The van der Waals surface area contributed by atoms with E-state index < -0.39 is 0 Å². The van der Waals surface area contributed by atoms with E-state index in [0.29, 0.717) is 0 Å². The van der Waals surface area contributed by atoms with Crippen LogP contribution in [0.4, 0.5) is 0 Å². The minimum atomic E-state index is 0.815. The molecule has 0 saturated carbocycles. The Morgan fingerprint density at radius 3 is 2.27 bits per heavy atom. The van der Waals surface area contributed by atoms with Crippen molar-refractivity contribution in [2.45, 2.75) is 46.0 Å². The topological polar surface area (TPSA) is 9.23 Å². The van der Waals surface area contributed by atoms with Crippen LogP contribution >= 0.6 is 0 Å². The highest BCUT2D eigenvalue weighted by molar-refractivity contribution is 5.27. The van der Waals surface area contributed by atoms with Crippen molar-refractivity contribution in [2.75, 3.05) is 6.61 Å². The van der Waals surface area contributed by atoms with Crippen molar-refractivity contribution in [3.8, 4) is 5.75 Å². The molecule has 1 aromatic rings. The van der Waals surface area contributed by atoms with Crippen molar-refractivity contribution in [1.29, 1.82) is 0 Å². The molecule has 0 N–H and O–H groups in total. The van der Waals surface area contributed by atoms with Crippen LogP contribution in [0.2, 0.25) is 0 Å². The van der Waals surface area contributed by atoms with Gasteiger partial charge in [0.1, 0.15) is 5.75 Å². The van der Waals surface area contributed by atoms with Crippen LogP contribution in [0.15, 0.2) is 24.3 Å². The highest BCUT2D eigenvalue weighted by Gasteiger charge is 1.95. The number of ether oxygens (including phenoxy) is 1. The van der Waals surface area contributed by atoms with Gasteiger partial charge in [0.15, 0.2) is 0 Å². The van der Waals surface area contributed by atoms with Crippen LogP contribution in [0.3, 0.4) is 0 Å². The summed E-state index contributed by atoms with van der Waals surface area (Å²) in [6.07, 6.45) is 6.18. The zero-order valence-electron chi connectivity index (χ0n) is 9.96. The number of rotatable bonds is 7. The summed E-state index contributed by atoms with van der Waals surface area (Å²) in [7, 11) is 0. The molecule has 0 saturated heterocycles. The molecule has 1 heteroatoms. The lowest BCUT2D eigenvalue weighted by atomic mass is 10.1. The van der Waals surface area contributed by atoms with Gasteiger partial charge in [-0.2, -0.15) is 0 Å². The van der Waals surface area contributed by atoms with Crippen molar-refractivity contribution in [1.82, 2.24) is 0 Å². The Bertz CT molecular complexity index is 251. The zero-order chi connectivity index (χ0) is 10.9. The van der Waals surface area contributed by atoms with Gasteiger partial charge >= 0.3 is 0 Å². The summed E-state index contributed by atoms with van der Waals surface area (Å²) in [6, 6.07) is 8.52. The molecule has 0 unspecified atom stereocenters. The lowest BCUT2D eigenvalue weighted by molar-refractivity contribution is 0.317. The van der Waals surface area contributed by atoms with Crippen LogP contribution in [0, 0.1) is 0 Å². The van der Waals surface area contributed by atoms with E-state index in [1.165, 1.54) is 31.2 Å². The van der Waals surface area contributed by atoms with Gasteiger partial charge in [-0.15, -0.1) is 0 Å². The summed E-state index contributed by atoms with van der Waals surface area (Å²) in [5, 5.41) is 0. The number of unbranched alkanes of at least 4 members (excludes halogenated alkanes) is 2. The van der Waals surface area contributed by atoms with Gasteiger partial charge in [-0.1, -0.05) is 38.8 Å². The van der Waals surface area contributed by atoms with Crippen molar-refractivity contribution in [2.24, 2.45) is 0 Å². The molecule has 0 fully saturated rings. The molecule has 0 aliphatic rings. The Hall–Kier alpha value is -0.980. The Kier molecular flexibility index (Phi) is 5.91. The van der Waals surface area contributed by atoms with Gasteiger partial charge in [0, 0.05) is 0 Å². The molecule has 0 atom stereocenters. The van der Waals surface area contributed by atoms with Crippen molar-refractivity contribution in [3.05, 3.63) is 29.8 Å². The average molecular weight is 206 g/mol. The van der Waals surface area contributed by atoms with Gasteiger partial charge in [-0.3, -0.25) is 0 Å². The predicted octanol–water partition coefficient (Wildman–Crippen LogP) is 4.21. The van der Waals surface area contributed by atoms with E-state index in [4.69, 9.17) is 4.74 Å². The number of benzene rings is 1. The maximum atomic E-state index is 5.54. The molecule has 0 heterocycles. The summed E-state index contributed by atoms with van der Waals surface area (Å²) in [5.41, 5.74) is 1.42. The molecule has 0 bridgehead atoms. The van der Waals surface area contributed by atoms with Crippen molar-refractivity contribution >= 4 is 0 Å². The van der Waals surface area contributed by atoms with Crippen molar-refractivity contribution in [3.63, 3.8) is 0 Å². The third-order valence-electron chi connectivity index (χ3n) is 2.47. The first-order valence-electron chi connectivity index (χ1n) is 6.08. The SMILES string of the molecule is CCCCCc1ccc(OCCC)cc1. The summed E-state index contributed by atoms with van der Waals surface area (Å²) in [6.45, 7) is 5.18. The lowest BCUT2D eigenvalue weighted by Gasteiger charge is -2.05. The molecule has 0 spiro atoms. The Labute approximate surface area is 93.5 Å². The second-order valence-corrected chi connectivity index (χ2v) is 3.95. The predicted molar refractivity (Wildman–Crippen MR) is 65.5 cm³/mol. The van der Waals surface area contributed by atoms with E-state index in [-0.39, 0.29) is 0 Å². The smallest absolute Gasteiger partial charge is 0.119 e. The molecule has 1 nitrogen and oxygen atoms in total. The van der Waals surface area contributed by atoms with E-state index >= 15 is 0 Å². The average Bonchev–Trinajstić information content (AvgIpc) is 2.28. The quantitative estimate of drug-likeness (QED) is 0.607. The van der Waals surface area contributed by atoms with Crippen molar-refractivity contribution < 1.29 is 4.74 Å². The second-order valence-electron chi connectivity index (χ2n) is 3.95. The zero-order valence-corrected chi connectivity index (χ0v) is 9.96. The first-order valence-corrected chi connectivity index (χ1v) is 6.08. The fourth-order valence-electron chi connectivity index (χ4n) is 1.55.